The Morgan fingerprint density at radius 2 is 1.97 bits per heavy atom. The van der Waals surface area contributed by atoms with E-state index in [1.54, 1.807) is 4.90 Å². The van der Waals surface area contributed by atoms with Crippen molar-refractivity contribution in [2.45, 2.75) is 20.8 Å². The highest BCUT2D eigenvalue weighted by Gasteiger charge is 2.26. The van der Waals surface area contributed by atoms with E-state index in [4.69, 9.17) is 21.3 Å². The Hall–Kier alpha value is -1.58. The molecule has 29 heavy (non-hydrogen) atoms. The number of nitrogens with zero attached hydrogens (tertiary/aromatic N) is 4. The van der Waals surface area contributed by atoms with Gasteiger partial charge in [0.1, 0.15) is 4.88 Å². The molecule has 0 bridgehead atoms. The van der Waals surface area contributed by atoms with Crippen molar-refractivity contribution in [3.63, 3.8) is 0 Å². The fourth-order valence-electron chi connectivity index (χ4n) is 3.46. The molecule has 0 aliphatic carbocycles. The van der Waals surface area contributed by atoms with E-state index in [0.717, 1.165) is 59.3 Å². The molecule has 154 valence electrons. The van der Waals surface area contributed by atoms with Gasteiger partial charge in [0.15, 0.2) is 5.13 Å². The Labute approximate surface area is 183 Å². The van der Waals surface area contributed by atoms with Crippen molar-refractivity contribution in [3.8, 4) is 0 Å². The predicted octanol–water partition coefficient (Wildman–Crippen LogP) is 4.31. The van der Waals surface area contributed by atoms with E-state index >= 15 is 0 Å². The van der Waals surface area contributed by atoms with Gasteiger partial charge in [-0.15, -0.1) is 11.3 Å². The molecular weight excluding hydrogens is 428 g/mol. The largest absolute Gasteiger partial charge is 0.379 e. The monoisotopic (exact) mass is 450 g/mol. The number of ether oxygens (including phenoxy) is 1. The van der Waals surface area contributed by atoms with Gasteiger partial charge in [0, 0.05) is 31.2 Å². The van der Waals surface area contributed by atoms with Crippen molar-refractivity contribution < 1.29 is 9.53 Å². The summed E-state index contributed by atoms with van der Waals surface area (Å²) in [5.41, 5.74) is 2.69. The van der Waals surface area contributed by atoms with Crippen LogP contribution in [0.2, 0.25) is 5.02 Å². The Morgan fingerprint density at radius 3 is 2.66 bits per heavy atom. The molecule has 1 aliphatic rings. The fourth-order valence-corrected chi connectivity index (χ4v) is 5.77. The molecule has 3 heterocycles. The SMILES string of the molecule is Cc1nc(C)c(C(=O)N(CCN2CCOCC2)c2nc3c(C)cc(Cl)cc3s2)s1. The van der Waals surface area contributed by atoms with Gasteiger partial charge in [-0.05, 0) is 38.5 Å². The summed E-state index contributed by atoms with van der Waals surface area (Å²) in [6.07, 6.45) is 0. The second-order valence-corrected chi connectivity index (χ2v) is 9.77. The van der Waals surface area contributed by atoms with Gasteiger partial charge in [0.25, 0.3) is 5.91 Å². The van der Waals surface area contributed by atoms with Crippen LogP contribution in [0.25, 0.3) is 10.2 Å². The molecule has 1 saturated heterocycles. The maximum atomic E-state index is 13.5. The van der Waals surface area contributed by atoms with Crippen molar-refractivity contribution in [3.05, 3.63) is 38.3 Å². The molecule has 0 atom stereocenters. The average molecular weight is 451 g/mol. The average Bonchev–Trinajstić information content (AvgIpc) is 3.25. The Balaban J connectivity index is 1.68. The Morgan fingerprint density at radius 1 is 1.21 bits per heavy atom. The minimum atomic E-state index is -0.0378. The lowest BCUT2D eigenvalue weighted by Crippen LogP contribution is -2.43. The number of rotatable bonds is 5. The second-order valence-electron chi connectivity index (χ2n) is 7.12. The summed E-state index contributed by atoms with van der Waals surface area (Å²) in [7, 11) is 0. The minimum absolute atomic E-state index is 0.0378. The van der Waals surface area contributed by atoms with Gasteiger partial charge in [-0.3, -0.25) is 14.6 Å². The van der Waals surface area contributed by atoms with Gasteiger partial charge >= 0.3 is 0 Å². The highest BCUT2D eigenvalue weighted by atomic mass is 35.5. The number of carbonyl (C=O) groups is 1. The van der Waals surface area contributed by atoms with Crippen LogP contribution in [0.3, 0.4) is 0 Å². The van der Waals surface area contributed by atoms with Crippen LogP contribution < -0.4 is 4.90 Å². The Bertz CT molecular complexity index is 1040. The van der Waals surface area contributed by atoms with E-state index in [2.05, 4.69) is 9.88 Å². The zero-order valence-electron chi connectivity index (χ0n) is 16.7. The standard InChI is InChI=1S/C20H23ClN4O2S2/c1-12-10-15(21)11-16-17(12)23-20(29-16)25(5-4-24-6-8-27-9-7-24)19(26)18-13(2)22-14(3)28-18/h10-11H,4-9H2,1-3H3. The molecule has 0 spiro atoms. The lowest BCUT2D eigenvalue weighted by Gasteiger charge is -2.29. The molecule has 1 aliphatic heterocycles. The maximum absolute atomic E-state index is 13.5. The first-order valence-electron chi connectivity index (χ1n) is 9.55. The van der Waals surface area contributed by atoms with Crippen LogP contribution in [0, 0.1) is 20.8 Å². The molecule has 0 N–H and O–H groups in total. The predicted molar refractivity (Wildman–Crippen MR) is 120 cm³/mol. The number of aryl methyl sites for hydroxylation is 3. The number of hydrogen-bond acceptors (Lipinski definition) is 7. The van der Waals surface area contributed by atoms with Gasteiger partial charge in [-0.1, -0.05) is 22.9 Å². The molecule has 3 aromatic rings. The van der Waals surface area contributed by atoms with Gasteiger partial charge in [0.2, 0.25) is 0 Å². The summed E-state index contributed by atoms with van der Waals surface area (Å²) in [5, 5.41) is 2.28. The van der Waals surface area contributed by atoms with Crippen LogP contribution in [0.4, 0.5) is 5.13 Å². The van der Waals surface area contributed by atoms with Crippen LogP contribution in [-0.2, 0) is 4.74 Å². The van der Waals surface area contributed by atoms with E-state index in [0.29, 0.717) is 21.6 Å². The second kappa shape index (κ2) is 8.65. The van der Waals surface area contributed by atoms with E-state index in [9.17, 15) is 4.79 Å². The highest BCUT2D eigenvalue weighted by Crippen LogP contribution is 2.34. The van der Waals surface area contributed by atoms with Crippen LogP contribution in [0.15, 0.2) is 12.1 Å². The van der Waals surface area contributed by atoms with Crippen molar-refractivity contribution >= 4 is 55.5 Å². The third-order valence-corrected chi connectivity index (χ3v) is 7.26. The molecule has 2 aromatic heterocycles. The topological polar surface area (TPSA) is 58.6 Å². The number of carbonyl (C=O) groups excluding carboxylic acids is 1. The summed E-state index contributed by atoms with van der Waals surface area (Å²) in [4.78, 5) is 27.5. The highest BCUT2D eigenvalue weighted by molar-refractivity contribution is 7.22. The lowest BCUT2D eigenvalue weighted by molar-refractivity contribution is 0.0391. The molecule has 0 saturated carbocycles. The molecule has 9 heteroatoms. The van der Waals surface area contributed by atoms with Crippen LogP contribution in [0.1, 0.15) is 25.9 Å². The smallest absolute Gasteiger partial charge is 0.272 e. The lowest BCUT2D eigenvalue weighted by atomic mass is 10.2. The minimum Gasteiger partial charge on any atom is -0.379 e. The molecule has 1 fully saturated rings. The summed E-state index contributed by atoms with van der Waals surface area (Å²) >= 11 is 9.18. The molecule has 0 radical (unpaired) electrons. The molecule has 1 amide bonds. The van der Waals surface area contributed by atoms with E-state index < -0.39 is 0 Å². The number of morpholine rings is 1. The first-order chi connectivity index (χ1) is 13.9. The number of anilines is 1. The van der Waals surface area contributed by atoms with Crippen molar-refractivity contribution in [2.75, 3.05) is 44.3 Å². The third-order valence-electron chi connectivity index (χ3n) is 4.96. The summed E-state index contributed by atoms with van der Waals surface area (Å²) < 4.78 is 6.43. The number of amides is 1. The summed E-state index contributed by atoms with van der Waals surface area (Å²) in [6.45, 7) is 10.4. The first kappa shape index (κ1) is 20.7. The van der Waals surface area contributed by atoms with Crippen LogP contribution in [-0.4, -0.2) is 60.2 Å². The molecular formula is C20H23ClN4O2S2. The number of aromatic nitrogens is 2. The van der Waals surface area contributed by atoms with Crippen molar-refractivity contribution in [1.82, 2.24) is 14.9 Å². The number of halogens is 1. The van der Waals surface area contributed by atoms with Gasteiger partial charge in [-0.25, -0.2) is 9.97 Å². The van der Waals surface area contributed by atoms with Crippen molar-refractivity contribution in [2.24, 2.45) is 0 Å². The number of thiazole rings is 2. The molecule has 4 rings (SSSR count). The van der Waals surface area contributed by atoms with Gasteiger partial charge in [-0.2, -0.15) is 0 Å². The van der Waals surface area contributed by atoms with E-state index in [-0.39, 0.29) is 5.91 Å². The van der Waals surface area contributed by atoms with Crippen molar-refractivity contribution in [1.29, 1.82) is 0 Å². The molecule has 6 nitrogen and oxygen atoms in total. The zero-order valence-corrected chi connectivity index (χ0v) is 19.1. The number of fused-ring (bicyclic) bond motifs is 1. The number of hydrogen-bond donors (Lipinski definition) is 0. The van der Waals surface area contributed by atoms with Gasteiger partial charge < -0.3 is 4.74 Å². The third kappa shape index (κ3) is 4.46. The quantitative estimate of drug-likeness (QED) is 0.579. The Kier molecular flexibility index (Phi) is 6.17. The zero-order chi connectivity index (χ0) is 20.5. The molecule has 0 unspecified atom stereocenters. The fraction of sp³-hybridized carbons (Fsp3) is 0.450. The van der Waals surface area contributed by atoms with Gasteiger partial charge in [0.05, 0.1) is 34.1 Å². The van der Waals surface area contributed by atoms with E-state index in [1.165, 1.54) is 22.7 Å². The number of benzene rings is 1. The summed E-state index contributed by atoms with van der Waals surface area (Å²) in [5.74, 6) is -0.0378. The first-order valence-corrected chi connectivity index (χ1v) is 11.6. The van der Waals surface area contributed by atoms with Crippen LogP contribution in [0.5, 0.6) is 0 Å². The normalized spacial score (nSPS) is 15.2. The van der Waals surface area contributed by atoms with Crippen LogP contribution >= 0.6 is 34.3 Å². The van der Waals surface area contributed by atoms with E-state index in [1.807, 2.05) is 32.9 Å². The maximum Gasteiger partial charge on any atom is 0.272 e. The summed E-state index contributed by atoms with van der Waals surface area (Å²) in [6, 6.07) is 3.82. The molecule has 1 aromatic carbocycles.